The van der Waals surface area contributed by atoms with E-state index in [2.05, 4.69) is 54.4 Å². The molecule has 1 saturated carbocycles. The van der Waals surface area contributed by atoms with E-state index in [1.54, 1.807) is 0 Å². The molecule has 1 saturated heterocycles. The van der Waals surface area contributed by atoms with Crippen molar-refractivity contribution < 1.29 is 0 Å². The molecule has 2 fully saturated rings. The number of rotatable bonds is 4. The minimum Gasteiger partial charge on any atom is -0.311 e. The van der Waals surface area contributed by atoms with Gasteiger partial charge in [0.1, 0.15) is 0 Å². The van der Waals surface area contributed by atoms with Crippen molar-refractivity contribution in [2.45, 2.75) is 57.7 Å². The highest BCUT2D eigenvalue weighted by molar-refractivity contribution is 5.21. The predicted octanol–water partition coefficient (Wildman–Crippen LogP) is 3.60. The number of hydrogen-bond donors (Lipinski definition) is 1. The van der Waals surface area contributed by atoms with Gasteiger partial charge in [0.05, 0.1) is 0 Å². The number of nitrogens with zero attached hydrogens (tertiary/aromatic N) is 1. The number of piperazine rings is 1. The summed E-state index contributed by atoms with van der Waals surface area (Å²) in [6.07, 6.45) is 5.49. The lowest BCUT2D eigenvalue weighted by atomic mass is 9.85. The quantitative estimate of drug-likeness (QED) is 0.901. The van der Waals surface area contributed by atoms with Gasteiger partial charge in [-0.1, -0.05) is 57.0 Å². The van der Waals surface area contributed by atoms with Crippen molar-refractivity contribution in [1.29, 1.82) is 0 Å². The molecule has 3 atom stereocenters. The van der Waals surface area contributed by atoms with Crippen LogP contribution in [0, 0.1) is 5.92 Å². The lowest BCUT2D eigenvalue weighted by Gasteiger charge is -2.49. The van der Waals surface area contributed by atoms with Crippen molar-refractivity contribution in [1.82, 2.24) is 10.2 Å². The van der Waals surface area contributed by atoms with Crippen LogP contribution < -0.4 is 5.32 Å². The van der Waals surface area contributed by atoms with Gasteiger partial charge in [0.15, 0.2) is 0 Å². The SMILES string of the molecule is CCC(C)C1CN(C2CCC2)C(c2ccccc2)CN1. The number of hydrogen-bond acceptors (Lipinski definition) is 2. The fourth-order valence-corrected chi connectivity index (χ4v) is 3.57. The average Bonchev–Trinajstić information content (AvgIpc) is 2.45. The third kappa shape index (κ3) is 2.77. The minimum absolute atomic E-state index is 0.571. The first kappa shape index (κ1) is 14.1. The van der Waals surface area contributed by atoms with E-state index in [1.807, 2.05) is 0 Å². The van der Waals surface area contributed by atoms with E-state index in [0.717, 1.165) is 18.5 Å². The van der Waals surface area contributed by atoms with E-state index in [9.17, 15) is 0 Å². The highest BCUT2D eigenvalue weighted by Crippen LogP contribution is 2.35. The Morgan fingerprint density at radius 1 is 1.25 bits per heavy atom. The summed E-state index contributed by atoms with van der Waals surface area (Å²) in [6, 6.07) is 13.1. The topological polar surface area (TPSA) is 15.3 Å². The molecule has 3 rings (SSSR count). The van der Waals surface area contributed by atoms with E-state index in [4.69, 9.17) is 0 Å². The summed E-state index contributed by atoms with van der Waals surface area (Å²) >= 11 is 0. The molecule has 3 unspecified atom stereocenters. The molecular formula is C18H28N2. The van der Waals surface area contributed by atoms with Crippen LogP contribution in [0.25, 0.3) is 0 Å². The smallest absolute Gasteiger partial charge is 0.0476 e. The predicted molar refractivity (Wildman–Crippen MR) is 84.8 cm³/mol. The normalized spacial score (nSPS) is 29.9. The van der Waals surface area contributed by atoms with Crippen LogP contribution in [-0.2, 0) is 0 Å². The zero-order valence-electron chi connectivity index (χ0n) is 12.9. The molecule has 0 bridgehead atoms. The number of benzene rings is 1. The van der Waals surface area contributed by atoms with Crippen LogP contribution >= 0.6 is 0 Å². The highest BCUT2D eigenvalue weighted by atomic mass is 15.3. The lowest BCUT2D eigenvalue weighted by Crippen LogP contribution is -2.58. The van der Waals surface area contributed by atoms with Crippen LogP contribution in [0.5, 0.6) is 0 Å². The maximum atomic E-state index is 3.81. The van der Waals surface area contributed by atoms with E-state index >= 15 is 0 Å². The first-order chi connectivity index (χ1) is 9.79. The summed E-state index contributed by atoms with van der Waals surface area (Å²) in [7, 11) is 0. The van der Waals surface area contributed by atoms with Crippen molar-refractivity contribution >= 4 is 0 Å². The van der Waals surface area contributed by atoms with E-state index in [1.165, 1.54) is 37.8 Å². The van der Waals surface area contributed by atoms with E-state index in [-0.39, 0.29) is 0 Å². The van der Waals surface area contributed by atoms with Gasteiger partial charge in [-0.15, -0.1) is 0 Å². The molecule has 0 spiro atoms. The summed E-state index contributed by atoms with van der Waals surface area (Å²) in [5.74, 6) is 0.772. The monoisotopic (exact) mass is 272 g/mol. The van der Waals surface area contributed by atoms with Gasteiger partial charge in [0.25, 0.3) is 0 Å². The Morgan fingerprint density at radius 3 is 2.60 bits per heavy atom. The van der Waals surface area contributed by atoms with Gasteiger partial charge < -0.3 is 5.32 Å². The number of nitrogens with one attached hydrogen (secondary N) is 1. The minimum atomic E-state index is 0.571. The molecule has 1 aliphatic heterocycles. The summed E-state index contributed by atoms with van der Waals surface area (Å²) in [5, 5.41) is 3.81. The molecule has 1 aliphatic carbocycles. The third-order valence-electron chi connectivity index (χ3n) is 5.44. The van der Waals surface area contributed by atoms with E-state index < -0.39 is 0 Å². The molecule has 20 heavy (non-hydrogen) atoms. The lowest BCUT2D eigenvalue weighted by molar-refractivity contribution is 0.0308. The first-order valence-corrected chi connectivity index (χ1v) is 8.33. The largest absolute Gasteiger partial charge is 0.311 e. The second-order valence-corrected chi connectivity index (χ2v) is 6.61. The molecule has 2 aliphatic rings. The van der Waals surface area contributed by atoms with Crippen LogP contribution in [0.3, 0.4) is 0 Å². The van der Waals surface area contributed by atoms with Crippen molar-refractivity contribution in [2.24, 2.45) is 5.92 Å². The molecule has 1 aromatic carbocycles. The molecule has 1 heterocycles. The molecule has 1 aromatic rings. The second kappa shape index (κ2) is 6.28. The van der Waals surface area contributed by atoms with Crippen LogP contribution in [0.4, 0.5) is 0 Å². The average molecular weight is 272 g/mol. The van der Waals surface area contributed by atoms with Crippen LogP contribution in [0.15, 0.2) is 30.3 Å². The summed E-state index contributed by atoms with van der Waals surface area (Å²) < 4.78 is 0. The zero-order chi connectivity index (χ0) is 13.9. The third-order valence-corrected chi connectivity index (χ3v) is 5.44. The van der Waals surface area contributed by atoms with Crippen molar-refractivity contribution in [3.05, 3.63) is 35.9 Å². The molecule has 0 radical (unpaired) electrons. The standard InChI is InChI=1S/C18H28N2/c1-3-14(2)17-13-20(16-10-7-11-16)18(12-19-17)15-8-5-4-6-9-15/h4-6,8-9,14,16-19H,3,7,10-13H2,1-2H3. The van der Waals surface area contributed by atoms with Crippen molar-refractivity contribution in [3.63, 3.8) is 0 Å². The Hall–Kier alpha value is -0.860. The maximum absolute atomic E-state index is 3.81. The van der Waals surface area contributed by atoms with Gasteiger partial charge >= 0.3 is 0 Å². The molecule has 0 aromatic heterocycles. The first-order valence-electron chi connectivity index (χ1n) is 8.33. The highest BCUT2D eigenvalue weighted by Gasteiger charge is 2.37. The van der Waals surface area contributed by atoms with Crippen LogP contribution in [-0.4, -0.2) is 30.1 Å². The summed E-state index contributed by atoms with van der Waals surface area (Å²) in [5.41, 5.74) is 1.48. The Balaban J connectivity index is 1.76. The Kier molecular flexibility index (Phi) is 4.42. The molecule has 1 N–H and O–H groups in total. The van der Waals surface area contributed by atoms with Gasteiger partial charge in [-0.05, 0) is 24.3 Å². The molecule has 110 valence electrons. The molecular weight excluding hydrogens is 244 g/mol. The van der Waals surface area contributed by atoms with Crippen LogP contribution in [0.2, 0.25) is 0 Å². The Labute approximate surface area is 123 Å². The van der Waals surface area contributed by atoms with E-state index in [0.29, 0.717) is 12.1 Å². The second-order valence-electron chi connectivity index (χ2n) is 6.61. The van der Waals surface area contributed by atoms with Crippen molar-refractivity contribution in [3.8, 4) is 0 Å². The zero-order valence-corrected chi connectivity index (χ0v) is 12.9. The van der Waals surface area contributed by atoms with Gasteiger partial charge in [0.2, 0.25) is 0 Å². The van der Waals surface area contributed by atoms with Gasteiger partial charge in [-0.2, -0.15) is 0 Å². The molecule has 2 nitrogen and oxygen atoms in total. The van der Waals surface area contributed by atoms with Gasteiger partial charge in [0, 0.05) is 31.2 Å². The molecule has 2 heteroatoms. The summed E-state index contributed by atoms with van der Waals surface area (Å²) in [6.45, 7) is 7.03. The van der Waals surface area contributed by atoms with Gasteiger partial charge in [-0.3, -0.25) is 4.90 Å². The Morgan fingerprint density at radius 2 is 2.00 bits per heavy atom. The maximum Gasteiger partial charge on any atom is 0.0476 e. The molecule has 0 amide bonds. The fourth-order valence-electron chi connectivity index (χ4n) is 3.57. The van der Waals surface area contributed by atoms with Gasteiger partial charge in [-0.25, -0.2) is 0 Å². The summed E-state index contributed by atoms with van der Waals surface area (Å²) in [4.78, 5) is 2.80. The van der Waals surface area contributed by atoms with Crippen molar-refractivity contribution in [2.75, 3.05) is 13.1 Å². The fraction of sp³-hybridized carbons (Fsp3) is 0.667. The Bertz CT molecular complexity index is 413. The van der Waals surface area contributed by atoms with Crippen LogP contribution in [0.1, 0.15) is 51.1 Å².